The van der Waals surface area contributed by atoms with Crippen molar-refractivity contribution in [1.82, 2.24) is 20.5 Å². The number of amides is 3. The molecule has 0 saturated carbocycles. The number of halogens is 1. The Morgan fingerprint density at radius 2 is 1.95 bits per heavy atom. The average molecular weight is 579 g/mol. The van der Waals surface area contributed by atoms with Crippen molar-refractivity contribution in [2.45, 2.75) is 77.6 Å². The Labute approximate surface area is 239 Å². The van der Waals surface area contributed by atoms with E-state index in [4.69, 9.17) is 16.3 Å². The number of alkyl halides is 1. The maximum atomic E-state index is 13.6. The first kappa shape index (κ1) is 31.0. The minimum Gasteiger partial charge on any atom is -0.391 e. The van der Waals surface area contributed by atoms with Gasteiger partial charge in [-0.05, 0) is 29.9 Å². The van der Waals surface area contributed by atoms with E-state index in [1.54, 1.807) is 11.3 Å². The van der Waals surface area contributed by atoms with Gasteiger partial charge in [0.05, 0.1) is 34.2 Å². The SMILES string of the molecule is CCC(Cl)COCC(=O)N[C@@H](C(=O)N1C[C@H](O)C[C@H]1C(=O)NCc1ccc(-c2scnc2C)cc1)C(C)(C)C. The topological polar surface area (TPSA) is 121 Å². The molecular weight excluding hydrogens is 540 g/mol. The molecule has 1 aliphatic rings. The highest BCUT2D eigenvalue weighted by atomic mass is 35.5. The predicted octanol–water partition coefficient (Wildman–Crippen LogP) is 3.26. The molecule has 2 heterocycles. The van der Waals surface area contributed by atoms with Gasteiger partial charge in [-0.15, -0.1) is 22.9 Å². The summed E-state index contributed by atoms with van der Waals surface area (Å²) in [6.45, 7) is 9.70. The summed E-state index contributed by atoms with van der Waals surface area (Å²) in [4.78, 5) is 46.1. The van der Waals surface area contributed by atoms with Crippen molar-refractivity contribution in [3.8, 4) is 10.4 Å². The van der Waals surface area contributed by atoms with Crippen molar-refractivity contribution < 1.29 is 24.2 Å². The van der Waals surface area contributed by atoms with Crippen LogP contribution in [0.15, 0.2) is 29.8 Å². The van der Waals surface area contributed by atoms with Crippen LogP contribution in [-0.2, 0) is 25.7 Å². The van der Waals surface area contributed by atoms with E-state index in [1.165, 1.54) is 4.90 Å². The second-order valence-corrected chi connectivity index (χ2v) is 12.4. The Morgan fingerprint density at radius 1 is 1.26 bits per heavy atom. The number of nitrogens with zero attached hydrogens (tertiary/aromatic N) is 2. The summed E-state index contributed by atoms with van der Waals surface area (Å²) in [6, 6.07) is 6.13. The van der Waals surface area contributed by atoms with Crippen LogP contribution in [0.5, 0.6) is 0 Å². The van der Waals surface area contributed by atoms with Gasteiger partial charge in [0.2, 0.25) is 17.7 Å². The second-order valence-electron chi connectivity index (χ2n) is 11.0. The van der Waals surface area contributed by atoms with Crippen molar-refractivity contribution in [2.75, 3.05) is 19.8 Å². The smallest absolute Gasteiger partial charge is 0.246 e. The minimum absolute atomic E-state index is 0.0171. The number of carbonyl (C=O) groups is 3. The molecule has 1 aromatic carbocycles. The molecule has 9 nitrogen and oxygen atoms in total. The number of thiazole rings is 1. The summed E-state index contributed by atoms with van der Waals surface area (Å²) < 4.78 is 5.38. The maximum Gasteiger partial charge on any atom is 0.246 e. The molecule has 3 amide bonds. The molecule has 39 heavy (non-hydrogen) atoms. The number of likely N-dealkylation sites (tertiary alicyclic amines) is 1. The van der Waals surface area contributed by atoms with Gasteiger partial charge in [0.1, 0.15) is 18.7 Å². The largest absolute Gasteiger partial charge is 0.391 e. The Hall–Kier alpha value is -2.53. The number of benzene rings is 1. The van der Waals surface area contributed by atoms with Gasteiger partial charge in [-0.3, -0.25) is 14.4 Å². The van der Waals surface area contributed by atoms with Crippen LogP contribution in [0.4, 0.5) is 0 Å². The molecule has 1 aliphatic heterocycles. The molecule has 214 valence electrons. The summed E-state index contributed by atoms with van der Waals surface area (Å²) in [7, 11) is 0. The molecule has 1 saturated heterocycles. The molecule has 1 unspecified atom stereocenters. The number of ether oxygens (including phenoxy) is 1. The molecule has 0 bridgehead atoms. The molecular formula is C28H39ClN4O5S. The summed E-state index contributed by atoms with van der Waals surface area (Å²) >= 11 is 7.62. The van der Waals surface area contributed by atoms with Crippen LogP contribution in [0, 0.1) is 12.3 Å². The van der Waals surface area contributed by atoms with E-state index in [0.717, 1.165) is 21.7 Å². The fourth-order valence-corrected chi connectivity index (χ4v) is 5.28. The predicted molar refractivity (Wildman–Crippen MR) is 152 cm³/mol. The lowest BCUT2D eigenvalue weighted by Crippen LogP contribution is -2.58. The summed E-state index contributed by atoms with van der Waals surface area (Å²) in [5.74, 6) is -1.21. The van der Waals surface area contributed by atoms with E-state index in [-0.39, 0.29) is 44.0 Å². The number of hydrogen-bond acceptors (Lipinski definition) is 7. The lowest BCUT2D eigenvalue weighted by Gasteiger charge is -2.35. The molecule has 0 radical (unpaired) electrons. The normalized spacial score (nSPS) is 19.0. The van der Waals surface area contributed by atoms with E-state index < -0.39 is 35.4 Å². The maximum absolute atomic E-state index is 13.6. The van der Waals surface area contributed by atoms with E-state index >= 15 is 0 Å². The fraction of sp³-hybridized carbons (Fsp3) is 0.571. The Kier molecular flexibility index (Phi) is 10.9. The molecule has 11 heteroatoms. The van der Waals surface area contributed by atoms with Gasteiger partial charge in [0.25, 0.3) is 0 Å². The summed E-state index contributed by atoms with van der Waals surface area (Å²) in [5.41, 5.74) is 4.12. The lowest BCUT2D eigenvalue weighted by molar-refractivity contribution is -0.144. The van der Waals surface area contributed by atoms with Gasteiger partial charge in [-0.2, -0.15) is 0 Å². The molecule has 3 N–H and O–H groups in total. The first-order chi connectivity index (χ1) is 18.4. The quantitative estimate of drug-likeness (QED) is 0.352. The molecule has 0 spiro atoms. The van der Waals surface area contributed by atoms with Gasteiger partial charge in [-0.25, -0.2) is 4.98 Å². The Bertz CT molecular complexity index is 1130. The van der Waals surface area contributed by atoms with Crippen molar-refractivity contribution in [3.63, 3.8) is 0 Å². The number of β-amino-alcohol motifs (C(OH)–C–C–N with tert-alkyl or cyclic N) is 1. The zero-order valence-corrected chi connectivity index (χ0v) is 24.8. The third-order valence-electron chi connectivity index (χ3n) is 6.69. The third-order valence-corrected chi connectivity index (χ3v) is 8.10. The first-order valence-corrected chi connectivity index (χ1v) is 14.5. The number of nitrogens with one attached hydrogen (secondary N) is 2. The summed E-state index contributed by atoms with van der Waals surface area (Å²) in [6.07, 6.45) is 0.00894. The van der Waals surface area contributed by atoms with E-state index in [2.05, 4.69) is 15.6 Å². The second kappa shape index (κ2) is 13.7. The highest BCUT2D eigenvalue weighted by Gasteiger charge is 2.44. The number of aliphatic hydroxyl groups is 1. The fourth-order valence-electron chi connectivity index (χ4n) is 4.38. The molecule has 1 fully saturated rings. The zero-order valence-electron chi connectivity index (χ0n) is 23.2. The number of aromatic nitrogens is 1. The Balaban J connectivity index is 1.63. The van der Waals surface area contributed by atoms with Crippen molar-refractivity contribution in [2.24, 2.45) is 5.41 Å². The highest BCUT2D eigenvalue weighted by molar-refractivity contribution is 7.13. The number of hydrogen-bond donors (Lipinski definition) is 3. The minimum atomic E-state index is -0.907. The number of aryl methyl sites for hydroxylation is 1. The molecule has 4 atom stereocenters. The van der Waals surface area contributed by atoms with Crippen LogP contribution in [0.25, 0.3) is 10.4 Å². The number of aliphatic hydroxyl groups excluding tert-OH is 1. The van der Waals surface area contributed by atoms with Crippen LogP contribution < -0.4 is 10.6 Å². The van der Waals surface area contributed by atoms with Crippen molar-refractivity contribution in [3.05, 3.63) is 41.0 Å². The van der Waals surface area contributed by atoms with E-state index in [1.807, 2.05) is 64.4 Å². The van der Waals surface area contributed by atoms with Crippen LogP contribution >= 0.6 is 22.9 Å². The van der Waals surface area contributed by atoms with Crippen LogP contribution in [0.3, 0.4) is 0 Å². The molecule has 3 rings (SSSR count). The zero-order chi connectivity index (χ0) is 28.7. The van der Waals surface area contributed by atoms with Gasteiger partial charge >= 0.3 is 0 Å². The van der Waals surface area contributed by atoms with E-state index in [0.29, 0.717) is 6.42 Å². The first-order valence-electron chi connectivity index (χ1n) is 13.2. The van der Waals surface area contributed by atoms with Gasteiger partial charge in [-0.1, -0.05) is 52.0 Å². The van der Waals surface area contributed by atoms with Crippen LogP contribution in [0.2, 0.25) is 0 Å². The van der Waals surface area contributed by atoms with E-state index in [9.17, 15) is 19.5 Å². The summed E-state index contributed by atoms with van der Waals surface area (Å²) in [5, 5.41) is 15.8. The average Bonchev–Trinajstić information content (AvgIpc) is 3.50. The lowest BCUT2D eigenvalue weighted by atomic mass is 9.85. The number of carbonyl (C=O) groups excluding carboxylic acids is 3. The van der Waals surface area contributed by atoms with Gasteiger partial charge < -0.3 is 25.4 Å². The van der Waals surface area contributed by atoms with Gasteiger partial charge in [0.15, 0.2) is 0 Å². The highest BCUT2D eigenvalue weighted by Crippen LogP contribution is 2.28. The third kappa shape index (κ3) is 8.48. The Morgan fingerprint density at radius 3 is 2.54 bits per heavy atom. The van der Waals surface area contributed by atoms with Crippen molar-refractivity contribution in [1.29, 1.82) is 0 Å². The molecule has 1 aromatic heterocycles. The van der Waals surface area contributed by atoms with Crippen LogP contribution in [0.1, 0.15) is 51.8 Å². The van der Waals surface area contributed by atoms with Crippen LogP contribution in [-0.4, -0.2) is 76.0 Å². The molecule has 0 aliphatic carbocycles. The van der Waals surface area contributed by atoms with Crippen molar-refractivity contribution >= 4 is 40.7 Å². The standard InChI is InChI=1S/C28H39ClN4O5S/c1-6-20(29)14-38-15-23(35)32-25(28(3,4)5)27(37)33-13-21(34)11-22(33)26(36)30-12-18-7-9-19(10-8-18)24-17(2)31-16-39-24/h7-10,16,20-22,25,34H,6,11-15H2,1-5H3,(H,30,36)(H,32,35)/t20?,21-,22+,25+/m1/s1. The monoisotopic (exact) mass is 578 g/mol. The number of rotatable bonds is 11. The van der Waals surface area contributed by atoms with Gasteiger partial charge in [0, 0.05) is 19.5 Å². The molecule has 2 aromatic rings.